The number of halogens is 4. The van der Waals surface area contributed by atoms with Gasteiger partial charge in [-0.3, -0.25) is 4.79 Å². The van der Waals surface area contributed by atoms with Crippen LogP contribution in [0.1, 0.15) is 68.8 Å². The number of carbonyl (C=O) groups is 2. The average molecular weight is 415 g/mol. The van der Waals surface area contributed by atoms with Crippen LogP contribution in [0.15, 0.2) is 18.2 Å². The monoisotopic (exact) mass is 415 g/mol. The van der Waals surface area contributed by atoms with Crippen LogP contribution < -0.4 is 0 Å². The molecule has 8 heteroatoms. The summed E-state index contributed by atoms with van der Waals surface area (Å²) in [5.41, 5.74) is -2.22. The van der Waals surface area contributed by atoms with Crippen LogP contribution in [0.25, 0.3) is 0 Å². The number of fused-ring (bicyclic) bond motifs is 2. The Morgan fingerprint density at radius 2 is 1.66 bits per heavy atom. The second-order valence-electron chi connectivity index (χ2n) is 8.85. The zero-order valence-electron chi connectivity index (χ0n) is 16.7. The predicted octanol–water partition coefficient (Wildman–Crippen LogP) is 5.60. The maximum absolute atomic E-state index is 13.5. The van der Waals surface area contributed by atoms with Gasteiger partial charge in [-0.15, -0.1) is 0 Å². The SMILES string of the molecule is CC(C)(C)OC(=O)N1C2CCCC1CC(C(=O)c1ccc(F)c(C(F)(F)F)c1)C2. The number of Topliss-reactive ketones (excluding diaryl/α,β-unsaturated/α-hetero) is 1. The van der Waals surface area contributed by atoms with Gasteiger partial charge in [0.2, 0.25) is 0 Å². The number of benzene rings is 1. The summed E-state index contributed by atoms with van der Waals surface area (Å²) in [5, 5.41) is 0. The van der Waals surface area contributed by atoms with Crippen molar-refractivity contribution in [3.8, 4) is 0 Å². The number of piperidine rings is 2. The van der Waals surface area contributed by atoms with E-state index in [4.69, 9.17) is 4.74 Å². The predicted molar refractivity (Wildman–Crippen MR) is 98.0 cm³/mol. The molecule has 2 aliphatic rings. The second-order valence-corrected chi connectivity index (χ2v) is 8.85. The van der Waals surface area contributed by atoms with Crippen LogP contribution >= 0.6 is 0 Å². The molecule has 2 atom stereocenters. The van der Waals surface area contributed by atoms with Gasteiger partial charge in [-0.1, -0.05) is 0 Å². The van der Waals surface area contributed by atoms with Crippen LogP contribution in [0.3, 0.4) is 0 Å². The standard InChI is InChI=1S/C21H25F4NO3/c1-20(2,3)29-19(28)26-14-5-4-6-15(26)10-13(9-14)18(27)12-7-8-17(22)16(11-12)21(23,24)25/h7-8,11,13-15H,4-6,9-10H2,1-3H3. The molecule has 0 N–H and O–H groups in total. The van der Waals surface area contributed by atoms with E-state index in [1.165, 1.54) is 0 Å². The van der Waals surface area contributed by atoms with Crippen molar-refractivity contribution in [1.82, 2.24) is 4.90 Å². The third-order valence-corrected chi connectivity index (χ3v) is 5.51. The fraction of sp³-hybridized carbons (Fsp3) is 0.619. The molecule has 0 radical (unpaired) electrons. The van der Waals surface area contributed by atoms with Crippen molar-refractivity contribution in [3.05, 3.63) is 35.1 Å². The first-order chi connectivity index (χ1) is 13.4. The Balaban J connectivity index is 1.79. The minimum absolute atomic E-state index is 0.146. The maximum Gasteiger partial charge on any atom is 0.419 e. The smallest absolute Gasteiger partial charge is 0.419 e. The van der Waals surface area contributed by atoms with Crippen molar-refractivity contribution < 1.29 is 31.9 Å². The minimum Gasteiger partial charge on any atom is -0.444 e. The van der Waals surface area contributed by atoms with Crippen molar-refractivity contribution in [2.24, 2.45) is 5.92 Å². The maximum atomic E-state index is 13.5. The lowest BCUT2D eigenvalue weighted by Gasteiger charge is -2.48. The Morgan fingerprint density at radius 3 is 2.17 bits per heavy atom. The van der Waals surface area contributed by atoms with Crippen LogP contribution in [0.4, 0.5) is 22.4 Å². The number of amides is 1. The van der Waals surface area contributed by atoms with Crippen molar-refractivity contribution in [2.75, 3.05) is 0 Å². The van der Waals surface area contributed by atoms with Crippen molar-refractivity contribution in [3.63, 3.8) is 0 Å². The van der Waals surface area contributed by atoms with Gasteiger partial charge in [0.25, 0.3) is 0 Å². The second kappa shape index (κ2) is 7.61. The van der Waals surface area contributed by atoms with Crippen molar-refractivity contribution in [2.45, 2.75) is 76.7 Å². The van der Waals surface area contributed by atoms with Gasteiger partial charge in [0.15, 0.2) is 5.78 Å². The third-order valence-electron chi connectivity index (χ3n) is 5.51. The molecule has 3 rings (SSSR count). The van der Waals surface area contributed by atoms with E-state index >= 15 is 0 Å². The minimum atomic E-state index is -4.86. The molecule has 0 saturated carbocycles. The van der Waals surface area contributed by atoms with E-state index in [9.17, 15) is 27.2 Å². The zero-order valence-corrected chi connectivity index (χ0v) is 16.7. The average Bonchev–Trinajstić information content (AvgIpc) is 2.57. The highest BCUT2D eigenvalue weighted by molar-refractivity contribution is 5.98. The molecular weight excluding hydrogens is 390 g/mol. The van der Waals surface area contributed by atoms with Crippen LogP contribution in [0, 0.1) is 11.7 Å². The molecule has 2 saturated heterocycles. The van der Waals surface area contributed by atoms with Gasteiger partial charge in [-0.2, -0.15) is 13.2 Å². The first kappa shape index (κ1) is 21.6. The highest BCUT2D eigenvalue weighted by Gasteiger charge is 2.45. The lowest BCUT2D eigenvalue weighted by molar-refractivity contribution is -0.140. The molecule has 2 unspecified atom stereocenters. The molecule has 0 aliphatic carbocycles. The molecule has 2 fully saturated rings. The Bertz CT molecular complexity index is 786. The number of hydrogen-bond donors (Lipinski definition) is 0. The molecule has 2 aliphatic heterocycles. The van der Waals surface area contributed by atoms with E-state index in [1.54, 1.807) is 25.7 Å². The van der Waals surface area contributed by atoms with Gasteiger partial charge >= 0.3 is 12.3 Å². The Morgan fingerprint density at radius 1 is 1.07 bits per heavy atom. The lowest BCUT2D eigenvalue weighted by atomic mass is 9.75. The van der Waals surface area contributed by atoms with Gasteiger partial charge in [0, 0.05) is 23.6 Å². The molecule has 29 heavy (non-hydrogen) atoms. The summed E-state index contributed by atoms with van der Waals surface area (Å²) in [4.78, 5) is 27.2. The van der Waals surface area contributed by atoms with Crippen molar-refractivity contribution in [1.29, 1.82) is 0 Å². The molecular formula is C21H25F4NO3. The van der Waals surface area contributed by atoms with E-state index < -0.39 is 41.0 Å². The molecule has 160 valence electrons. The molecule has 2 heterocycles. The number of hydrogen-bond acceptors (Lipinski definition) is 3. The van der Waals surface area contributed by atoms with Gasteiger partial charge in [0.1, 0.15) is 11.4 Å². The number of carbonyl (C=O) groups excluding carboxylic acids is 2. The van der Waals surface area contributed by atoms with Gasteiger partial charge in [-0.05, 0) is 71.1 Å². The Hall–Kier alpha value is -2.12. The van der Waals surface area contributed by atoms with E-state index in [1.807, 2.05) is 0 Å². The van der Waals surface area contributed by atoms with E-state index in [2.05, 4.69) is 0 Å². The third kappa shape index (κ3) is 4.73. The Labute approximate surface area is 167 Å². The summed E-state index contributed by atoms with van der Waals surface area (Å²) in [5.74, 6) is -2.34. The summed E-state index contributed by atoms with van der Waals surface area (Å²) in [6.45, 7) is 5.34. The first-order valence-electron chi connectivity index (χ1n) is 9.79. The topological polar surface area (TPSA) is 46.6 Å². The summed E-state index contributed by atoms with van der Waals surface area (Å²) in [7, 11) is 0. The van der Waals surface area contributed by atoms with Crippen molar-refractivity contribution >= 4 is 11.9 Å². The van der Waals surface area contributed by atoms with E-state index in [0.717, 1.165) is 25.3 Å². The molecule has 2 bridgehead atoms. The fourth-order valence-corrected chi connectivity index (χ4v) is 4.34. The highest BCUT2D eigenvalue weighted by atomic mass is 19.4. The summed E-state index contributed by atoms with van der Waals surface area (Å²) in [6.07, 6.45) is -2.19. The van der Waals surface area contributed by atoms with Gasteiger partial charge in [-0.25, -0.2) is 9.18 Å². The highest BCUT2D eigenvalue weighted by Crippen LogP contribution is 2.40. The van der Waals surface area contributed by atoms with Crippen LogP contribution in [-0.4, -0.2) is 34.5 Å². The van der Waals surface area contributed by atoms with E-state index in [-0.39, 0.29) is 17.6 Å². The van der Waals surface area contributed by atoms with Gasteiger partial charge in [0.05, 0.1) is 5.56 Å². The Kier molecular flexibility index (Phi) is 5.66. The number of ketones is 1. The molecule has 1 aromatic carbocycles. The molecule has 0 aromatic heterocycles. The van der Waals surface area contributed by atoms with Crippen LogP contribution in [-0.2, 0) is 10.9 Å². The molecule has 4 nitrogen and oxygen atoms in total. The normalized spacial score (nSPS) is 24.9. The summed E-state index contributed by atoms with van der Waals surface area (Å²) < 4.78 is 58.0. The first-order valence-corrected chi connectivity index (χ1v) is 9.79. The molecule has 1 amide bonds. The zero-order chi connectivity index (χ0) is 21.6. The van der Waals surface area contributed by atoms with E-state index in [0.29, 0.717) is 25.0 Å². The molecule has 1 aromatic rings. The molecule has 0 spiro atoms. The largest absolute Gasteiger partial charge is 0.444 e. The number of nitrogens with zero attached hydrogens (tertiary/aromatic N) is 1. The fourth-order valence-electron chi connectivity index (χ4n) is 4.34. The van der Waals surface area contributed by atoms with Gasteiger partial charge < -0.3 is 9.64 Å². The quantitative estimate of drug-likeness (QED) is 0.467. The number of ether oxygens (including phenoxy) is 1. The van der Waals surface area contributed by atoms with Crippen LogP contribution in [0.2, 0.25) is 0 Å². The lowest BCUT2D eigenvalue weighted by Crippen LogP contribution is -2.56. The summed E-state index contributed by atoms with van der Waals surface area (Å²) in [6, 6.07) is 2.01. The number of alkyl halides is 3. The number of rotatable bonds is 2. The summed E-state index contributed by atoms with van der Waals surface area (Å²) >= 11 is 0. The van der Waals surface area contributed by atoms with Crippen LogP contribution in [0.5, 0.6) is 0 Å².